The number of ether oxygens (including phenoxy) is 2. The third-order valence-corrected chi connectivity index (χ3v) is 6.52. The molecular formula is C25H28N2O6. The lowest BCUT2D eigenvalue weighted by molar-refractivity contribution is -0.139. The van der Waals surface area contributed by atoms with Crippen molar-refractivity contribution in [2.75, 3.05) is 20.3 Å². The number of hydrogen-bond donors (Lipinski definition) is 3. The van der Waals surface area contributed by atoms with Gasteiger partial charge in [-0.2, -0.15) is 0 Å². The first-order valence-corrected chi connectivity index (χ1v) is 11.1. The molecule has 2 amide bonds. The van der Waals surface area contributed by atoms with Gasteiger partial charge in [0.05, 0.1) is 12.0 Å². The molecule has 4 rings (SSSR count). The van der Waals surface area contributed by atoms with Gasteiger partial charge in [-0.1, -0.05) is 48.5 Å². The zero-order valence-corrected chi connectivity index (χ0v) is 18.6. The lowest BCUT2D eigenvalue weighted by Crippen LogP contribution is -2.53. The first-order valence-electron chi connectivity index (χ1n) is 11.1. The van der Waals surface area contributed by atoms with Crippen molar-refractivity contribution < 1.29 is 29.0 Å². The van der Waals surface area contributed by atoms with E-state index >= 15 is 0 Å². The van der Waals surface area contributed by atoms with Crippen LogP contribution >= 0.6 is 0 Å². The van der Waals surface area contributed by atoms with E-state index in [1.54, 1.807) is 6.92 Å². The Labute approximate surface area is 192 Å². The van der Waals surface area contributed by atoms with Crippen LogP contribution in [0, 0.1) is 11.8 Å². The number of methoxy groups -OCH3 is 1. The molecule has 2 unspecified atom stereocenters. The quantitative estimate of drug-likeness (QED) is 0.539. The van der Waals surface area contributed by atoms with Crippen LogP contribution in [0.4, 0.5) is 4.79 Å². The van der Waals surface area contributed by atoms with Crippen molar-refractivity contribution in [3.8, 4) is 11.1 Å². The molecule has 4 atom stereocenters. The summed E-state index contributed by atoms with van der Waals surface area (Å²) in [6, 6.07) is 15.1. The molecule has 2 aliphatic rings. The summed E-state index contributed by atoms with van der Waals surface area (Å²) in [4.78, 5) is 36.3. The fourth-order valence-corrected chi connectivity index (χ4v) is 4.42. The molecule has 2 aromatic rings. The summed E-state index contributed by atoms with van der Waals surface area (Å²) in [5.41, 5.74) is 4.46. The van der Waals surface area contributed by atoms with Crippen LogP contribution in [-0.2, 0) is 19.1 Å². The molecule has 1 saturated carbocycles. The predicted octanol–water partition coefficient (Wildman–Crippen LogP) is 2.77. The maximum atomic E-state index is 12.7. The SMILES string of the molecule is COC(C)C(NC(=O)OCC1c2ccccc2-c2ccccc21)C(=O)NC[C@H]1C[C@H]1C(=O)O. The largest absolute Gasteiger partial charge is 0.481 e. The number of carbonyl (C=O) groups is 3. The number of fused-ring (bicyclic) bond motifs is 3. The van der Waals surface area contributed by atoms with E-state index in [2.05, 4.69) is 22.8 Å². The van der Waals surface area contributed by atoms with Crippen molar-refractivity contribution in [1.29, 1.82) is 0 Å². The molecule has 8 heteroatoms. The highest BCUT2D eigenvalue weighted by Gasteiger charge is 2.43. The van der Waals surface area contributed by atoms with E-state index in [1.807, 2.05) is 36.4 Å². The molecule has 0 aliphatic heterocycles. The molecule has 0 saturated heterocycles. The molecule has 2 aliphatic carbocycles. The topological polar surface area (TPSA) is 114 Å². The lowest BCUT2D eigenvalue weighted by atomic mass is 9.98. The number of hydrogen-bond acceptors (Lipinski definition) is 5. The van der Waals surface area contributed by atoms with Crippen molar-refractivity contribution in [2.45, 2.75) is 31.4 Å². The monoisotopic (exact) mass is 452 g/mol. The van der Waals surface area contributed by atoms with Crippen LogP contribution in [-0.4, -0.2) is 55.5 Å². The summed E-state index contributed by atoms with van der Waals surface area (Å²) in [6.45, 7) is 2.05. The number of aliphatic carboxylic acids is 1. The zero-order valence-electron chi connectivity index (χ0n) is 18.6. The van der Waals surface area contributed by atoms with Gasteiger partial charge in [0.1, 0.15) is 12.6 Å². The normalized spacial score (nSPS) is 20.2. The van der Waals surface area contributed by atoms with E-state index < -0.39 is 36.0 Å². The van der Waals surface area contributed by atoms with Gasteiger partial charge in [0.25, 0.3) is 0 Å². The van der Waals surface area contributed by atoms with Crippen molar-refractivity contribution in [3.05, 3.63) is 59.7 Å². The Bertz CT molecular complexity index is 1010. The average molecular weight is 453 g/mol. The first kappa shape index (κ1) is 22.8. The van der Waals surface area contributed by atoms with Gasteiger partial charge in [0, 0.05) is 19.6 Å². The fraction of sp³-hybridized carbons (Fsp3) is 0.400. The summed E-state index contributed by atoms with van der Waals surface area (Å²) in [5.74, 6) is -1.88. The molecule has 0 spiro atoms. The van der Waals surface area contributed by atoms with E-state index in [4.69, 9.17) is 14.6 Å². The Kier molecular flexibility index (Phi) is 6.65. The molecule has 8 nitrogen and oxygen atoms in total. The van der Waals surface area contributed by atoms with Crippen LogP contribution in [0.3, 0.4) is 0 Å². The van der Waals surface area contributed by atoms with Gasteiger partial charge in [-0.15, -0.1) is 0 Å². The lowest BCUT2D eigenvalue weighted by Gasteiger charge is -2.23. The predicted molar refractivity (Wildman–Crippen MR) is 121 cm³/mol. The summed E-state index contributed by atoms with van der Waals surface area (Å²) >= 11 is 0. The minimum absolute atomic E-state index is 0.0839. The van der Waals surface area contributed by atoms with Gasteiger partial charge in [-0.3, -0.25) is 9.59 Å². The Morgan fingerprint density at radius 3 is 2.21 bits per heavy atom. The highest BCUT2D eigenvalue weighted by molar-refractivity contribution is 5.86. The Morgan fingerprint density at radius 1 is 1.06 bits per heavy atom. The van der Waals surface area contributed by atoms with Gasteiger partial charge in [-0.05, 0) is 41.5 Å². The molecule has 174 valence electrons. The third kappa shape index (κ3) is 4.85. The molecule has 0 radical (unpaired) electrons. The summed E-state index contributed by atoms with van der Waals surface area (Å²) in [7, 11) is 1.45. The summed E-state index contributed by atoms with van der Waals surface area (Å²) < 4.78 is 10.8. The van der Waals surface area contributed by atoms with Gasteiger partial charge >= 0.3 is 12.1 Å². The van der Waals surface area contributed by atoms with Crippen LogP contribution in [0.25, 0.3) is 11.1 Å². The minimum Gasteiger partial charge on any atom is -0.481 e. The second-order valence-corrected chi connectivity index (χ2v) is 8.57. The molecule has 3 N–H and O–H groups in total. The molecule has 1 fully saturated rings. The number of carbonyl (C=O) groups excluding carboxylic acids is 2. The average Bonchev–Trinajstić information content (AvgIpc) is 3.55. The molecule has 0 aromatic heterocycles. The second kappa shape index (κ2) is 9.62. The van der Waals surface area contributed by atoms with Crippen molar-refractivity contribution in [3.63, 3.8) is 0 Å². The smallest absolute Gasteiger partial charge is 0.407 e. The number of nitrogens with one attached hydrogen (secondary N) is 2. The first-order chi connectivity index (χ1) is 15.9. The Balaban J connectivity index is 1.36. The van der Waals surface area contributed by atoms with Crippen LogP contribution in [0.15, 0.2) is 48.5 Å². The van der Waals surface area contributed by atoms with E-state index in [9.17, 15) is 14.4 Å². The van der Waals surface area contributed by atoms with Gasteiger partial charge in [-0.25, -0.2) is 4.79 Å². The summed E-state index contributed by atoms with van der Waals surface area (Å²) in [6.07, 6.45) is -0.768. The van der Waals surface area contributed by atoms with E-state index in [1.165, 1.54) is 7.11 Å². The zero-order chi connectivity index (χ0) is 23.5. The van der Waals surface area contributed by atoms with Gasteiger partial charge in [0.15, 0.2) is 0 Å². The van der Waals surface area contributed by atoms with E-state index in [0.29, 0.717) is 6.42 Å². The Hall–Kier alpha value is -3.39. The van der Waals surface area contributed by atoms with Crippen LogP contribution < -0.4 is 10.6 Å². The van der Waals surface area contributed by atoms with Crippen LogP contribution in [0.2, 0.25) is 0 Å². The minimum atomic E-state index is -0.965. The van der Waals surface area contributed by atoms with Gasteiger partial charge < -0.3 is 25.2 Å². The standard InChI is InChI=1S/C25H28N2O6/c1-14(32-2)22(23(28)26-12-15-11-20(15)24(29)30)27-25(31)33-13-21-18-9-5-3-7-16(18)17-8-4-6-10-19(17)21/h3-10,14-15,20-22H,11-13H2,1-2H3,(H,26,28)(H,27,31)(H,29,30)/t14?,15-,20-,22?/m1/s1. The third-order valence-electron chi connectivity index (χ3n) is 6.52. The van der Waals surface area contributed by atoms with Crippen LogP contribution in [0.1, 0.15) is 30.4 Å². The molecule has 33 heavy (non-hydrogen) atoms. The molecule has 0 heterocycles. The number of carboxylic acids is 1. The highest BCUT2D eigenvalue weighted by Crippen LogP contribution is 2.44. The second-order valence-electron chi connectivity index (χ2n) is 8.57. The van der Waals surface area contributed by atoms with Crippen LogP contribution in [0.5, 0.6) is 0 Å². The fourth-order valence-electron chi connectivity index (χ4n) is 4.42. The molecular weight excluding hydrogens is 424 g/mol. The van der Waals surface area contributed by atoms with Gasteiger partial charge in [0.2, 0.25) is 5.91 Å². The van der Waals surface area contributed by atoms with E-state index in [0.717, 1.165) is 22.3 Å². The van der Waals surface area contributed by atoms with E-state index in [-0.39, 0.29) is 25.0 Å². The number of amides is 2. The van der Waals surface area contributed by atoms with Crippen molar-refractivity contribution >= 4 is 18.0 Å². The molecule has 0 bridgehead atoms. The number of benzene rings is 2. The molecule has 2 aromatic carbocycles. The Morgan fingerprint density at radius 2 is 1.67 bits per heavy atom. The maximum absolute atomic E-state index is 12.7. The number of rotatable bonds is 9. The number of carboxylic acid groups (broad SMARTS) is 1. The maximum Gasteiger partial charge on any atom is 0.407 e. The van der Waals surface area contributed by atoms with Crippen molar-refractivity contribution in [1.82, 2.24) is 10.6 Å². The van der Waals surface area contributed by atoms with Crippen molar-refractivity contribution in [2.24, 2.45) is 11.8 Å². The highest BCUT2D eigenvalue weighted by atomic mass is 16.5. The summed E-state index contributed by atoms with van der Waals surface area (Å²) in [5, 5.41) is 14.3. The number of alkyl carbamates (subject to hydrolysis) is 1.